The lowest BCUT2D eigenvalue weighted by atomic mass is 9.95. The van der Waals surface area contributed by atoms with Crippen LogP contribution >= 0.6 is 0 Å². The van der Waals surface area contributed by atoms with Gasteiger partial charge in [0.15, 0.2) is 0 Å². The number of halogens is 2. The first-order chi connectivity index (χ1) is 12.9. The van der Waals surface area contributed by atoms with Crippen LogP contribution in [0.25, 0.3) is 5.76 Å². The summed E-state index contributed by atoms with van der Waals surface area (Å²) in [6.07, 6.45) is 1.50. The lowest BCUT2D eigenvalue weighted by Gasteiger charge is -2.25. The molecule has 0 aromatic heterocycles. The van der Waals surface area contributed by atoms with Gasteiger partial charge in [0.05, 0.1) is 11.6 Å². The van der Waals surface area contributed by atoms with Gasteiger partial charge in [-0.25, -0.2) is 8.78 Å². The van der Waals surface area contributed by atoms with Crippen LogP contribution < -0.4 is 0 Å². The minimum atomic E-state index is -0.817. The van der Waals surface area contributed by atoms with Crippen LogP contribution in [0.3, 0.4) is 0 Å². The quantitative estimate of drug-likeness (QED) is 0.487. The van der Waals surface area contributed by atoms with Crippen LogP contribution in [0.15, 0.2) is 54.1 Å². The summed E-state index contributed by atoms with van der Waals surface area (Å²) in [5.74, 6) is -2.81. The first kappa shape index (κ1) is 18.8. The largest absolute Gasteiger partial charge is 0.507 e. The molecule has 1 fully saturated rings. The number of nitrogens with zero attached hydrogens (tertiary/aromatic N) is 1. The van der Waals surface area contributed by atoms with Crippen molar-refractivity contribution in [2.45, 2.75) is 25.8 Å². The third-order valence-corrected chi connectivity index (χ3v) is 4.60. The normalized spacial score (nSPS) is 18.9. The van der Waals surface area contributed by atoms with E-state index in [0.29, 0.717) is 18.5 Å². The van der Waals surface area contributed by atoms with Gasteiger partial charge in [-0.2, -0.15) is 0 Å². The van der Waals surface area contributed by atoms with Gasteiger partial charge >= 0.3 is 0 Å². The topological polar surface area (TPSA) is 57.6 Å². The molecule has 0 spiro atoms. The summed E-state index contributed by atoms with van der Waals surface area (Å²) in [4.78, 5) is 26.6. The number of carbonyl (C=O) groups excluding carboxylic acids is 2. The number of unbranched alkanes of at least 4 members (excludes halogenated alkanes) is 1. The Kier molecular flexibility index (Phi) is 5.35. The highest BCUT2D eigenvalue weighted by Crippen LogP contribution is 2.39. The maximum absolute atomic E-state index is 13.3. The number of carbonyl (C=O) groups is 2. The molecular formula is C21H19F2NO3. The predicted molar refractivity (Wildman–Crippen MR) is 96.7 cm³/mol. The van der Waals surface area contributed by atoms with Crippen molar-refractivity contribution in [3.63, 3.8) is 0 Å². The maximum atomic E-state index is 13.3. The van der Waals surface area contributed by atoms with Crippen LogP contribution in [-0.4, -0.2) is 28.2 Å². The third kappa shape index (κ3) is 3.60. The number of hydrogen-bond acceptors (Lipinski definition) is 3. The zero-order valence-corrected chi connectivity index (χ0v) is 14.8. The van der Waals surface area contributed by atoms with Crippen molar-refractivity contribution in [2.24, 2.45) is 0 Å². The Labute approximate surface area is 155 Å². The molecule has 1 aliphatic rings. The lowest BCUT2D eigenvalue weighted by Crippen LogP contribution is -2.30. The Bertz CT molecular complexity index is 889. The van der Waals surface area contributed by atoms with Gasteiger partial charge in [-0.3, -0.25) is 9.59 Å². The van der Waals surface area contributed by atoms with E-state index >= 15 is 0 Å². The summed E-state index contributed by atoms with van der Waals surface area (Å²) in [5, 5.41) is 10.7. The summed E-state index contributed by atoms with van der Waals surface area (Å²) < 4.78 is 26.5. The van der Waals surface area contributed by atoms with Crippen LogP contribution in [0.1, 0.15) is 36.9 Å². The molecule has 27 heavy (non-hydrogen) atoms. The molecule has 0 bridgehead atoms. The fraction of sp³-hybridized carbons (Fsp3) is 0.238. The van der Waals surface area contributed by atoms with Gasteiger partial charge in [-0.1, -0.05) is 25.5 Å². The van der Waals surface area contributed by atoms with E-state index < -0.39 is 29.4 Å². The van der Waals surface area contributed by atoms with E-state index in [1.807, 2.05) is 6.92 Å². The Morgan fingerprint density at radius 1 is 1.00 bits per heavy atom. The first-order valence-corrected chi connectivity index (χ1v) is 8.74. The van der Waals surface area contributed by atoms with Crippen LogP contribution in [0.4, 0.5) is 8.78 Å². The van der Waals surface area contributed by atoms with Gasteiger partial charge in [0, 0.05) is 12.1 Å². The summed E-state index contributed by atoms with van der Waals surface area (Å²) in [6, 6.07) is 9.65. The molecule has 6 heteroatoms. The van der Waals surface area contributed by atoms with Gasteiger partial charge < -0.3 is 10.0 Å². The van der Waals surface area contributed by atoms with Crippen LogP contribution in [0.5, 0.6) is 0 Å². The van der Waals surface area contributed by atoms with Crippen LogP contribution in [-0.2, 0) is 9.59 Å². The number of ketones is 1. The van der Waals surface area contributed by atoms with E-state index in [-0.39, 0.29) is 16.9 Å². The number of amides is 1. The van der Waals surface area contributed by atoms with Crippen molar-refractivity contribution >= 4 is 17.4 Å². The molecule has 1 amide bonds. The van der Waals surface area contributed by atoms with Crippen molar-refractivity contribution in [1.29, 1.82) is 0 Å². The highest BCUT2D eigenvalue weighted by molar-refractivity contribution is 6.46. The summed E-state index contributed by atoms with van der Waals surface area (Å²) >= 11 is 0. The van der Waals surface area contributed by atoms with E-state index in [4.69, 9.17) is 0 Å². The van der Waals surface area contributed by atoms with E-state index in [1.165, 1.54) is 41.3 Å². The minimum absolute atomic E-state index is 0.0747. The Morgan fingerprint density at radius 2 is 1.56 bits per heavy atom. The van der Waals surface area contributed by atoms with Crippen molar-refractivity contribution in [2.75, 3.05) is 6.54 Å². The van der Waals surface area contributed by atoms with E-state index in [2.05, 4.69) is 0 Å². The molecule has 140 valence electrons. The number of rotatable bonds is 5. The van der Waals surface area contributed by atoms with E-state index in [0.717, 1.165) is 18.6 Å². The molecule has 0 radical (unpaired) electrons. The number of hydrogen-bond donors (Lipinski definition) is 1. The molecule has 2 aromatic rings. The Morgan fingerprint density at radius 3 is 2.11 bits per heavy atom. The fourth-order valence-corrected chi connectivity index (χ4v) is 3.19. The predicted octanol–water partition coefficient (Wildman–Crippen LogP) is 4.19. The Hall–Kier alpha value is -3.02. The number of aliphatic hydroxyl groups is 1. The molecule has 1 heterocycles. The molecule has 0 aliphatic carbocycles. The van der Waals surface area contributed by atoms with E-state index in [1.54, 1.807) is 0 Å². The number of aliphatic hydroxyl groups excluding tert-OH is 1. The SMILES string of the molecule is CCCCN1C(=O)C(=O)/C(=C(\O)c2ccc(F)cc2)C1c1ccc(F)cc1. The Balaban J connectivity index is 2.14. The molecule has 1 N–H and O–H groups in total. The molecule has 1 saturated heterocycles. The van der Waals surface area contributed by atoms with Crippen molar-refractivity contribution < 1.29 is 23.5 Å². The third-order valence-electron chi connectivity index (χ3n) is 4.60. The van der Waals surface area contributed by atoms with Gasteiger partial charge in [0.1, 0.15) is 17.4 Å². The van der Waals surface area contributed by atoms with Gasteiger partial charge in [0.2, 0.25) is 0 Å². The highest BCUT2D eigenvalue weighted by Gasteiger charge is 2.45. The zero-order valence-electron chi connectivity index (χ0n) is 14.8. The monoisotopic (exact) mass is 371 g/mol. The molecule has 0 saturated carbocycles. The molecule has 1 unspecified atom stereocenters. The second kappa shape index (κ2) is 7.70. The summed E-state index contributed by atoms with van der Waals surface area (Å²) in [6.45, 7) is 2.30. The molecule has 4 nitrogen and oxygen atoms in total. The van der Waals surface area contributed by atoms with Gasteiger partial charge in [-0.15, -0.1) is 0 Å². The first-order valence-electron chi connectivity index (χ1n) is 8.74. The van der Waals surface area contributed by atoms with Crippen LogP contribution in [0, 0.1) is 11.6 Å². The smallest absolute Gasteiger partial charge is 0.295 e. The molecule has 1 aliphatic heterocycles. The molecular weight excluding hydrogens is 352 g/mol. The van der Waals surface area contributed by atoms with Crippen LogP contribution in [0.2, 0.25) is 0 Å². The lowest BCUT2D eigenvalue weighted by molar-refractivity contribution is -0.139. The summed E-state index contributed by atoms with van der Waals surface area (Å²) in [5.41, 5.74) is 0.682. The average Bonchev–Trinajstić information content (AvgIpc) is 2.91. The minimum Gasteiger partial charge on any atom is -0.507 e. The van der Waals surface area contributed by atoms with Crippen molar-refractivity contribution in [3.05, 3.63) is 76.9 Å². The standard InChI is InChI=1S/C21H19F2NO3/c1-2-3-12-24-18(13-4-8-15(22)9-5-13)17(20(26)21(24)27)19(25)14-6-10-16(23)11-7-14/h4-11,18,25H,2-3,12H2,1H3/b19-17-. The van der Waals surface area contributed by atoms with Crippen molar-refractivity contribution in [3.8, 4) is 0 Å². The number of Topliss-reactive ketones (excluding diaryl/α,β-unsaturated/α-hetero) is 1. The second-order valence-corrected chi connectivity index (χ2v) is 6.40. The molecule has 1 atom stereocenters. The van der Waals surface area contributed by atoms with Gasteiger partial charge in [0.25, 0.3) is 11.7 Å². The highest BCUT2D eigenvalue weighted by atomic mass is 19.1. The summed E-state index contributed by atoms with van der Waals surface area (Å²) in [7, 11) is 0. The average molecular weight is 371 g/mol. The van der Waals surface area contributed by atoms with Gasteiger partial charge in [-0.05, 0) is 48.4 Å². The fourth-order valence-electron chi connectivity index (χ4n) is 3.19. The molecule has 2 aromatic carbocycles. The number of likely N-dealkylation sites (tertiary alicyclic amines) is 1. The second-order valence-electron chi connectivity index (χ2n) is 6.40. The zero-order chi connectivity index (χ0) is 19.6. The van der Waals surface area contributed by atoms with Crippen molar-refractivity contribution in [1.82, 2.24) is 4.90 Å². The maximum Gasteiger partial charge on any atom is 0.295 e. The van der Waals surface area contributed by atoms with E-state index in [9.17, 15) is 23.5 Å². The molecule has 3 rings (SSSR count). The number of benzene rings is 2.